The van der Waals surface area contributed by atoms with Crippen molar-refractivity contribution in [3.63, 3.8) is 0 Å². The van der Waals surface area contributed by atoms with Crippen LogP contribution in [-0.2, 0) is 34.0 Å². The Morgan fingerprint density at radius 1 is 1.48 bits per heavy atom. The fourth-order valence-corrected chi connectivity index (χ4v) is 3.79. The van der Waals surface area contributed by atoms with Gasteiger partial charge >= 0.3 is 0 Å². The van der Waals surface area contributed by atoms with Crippen molar-refractivity contribution in [2.45, 2.75) is 12.3 Å². The van der Waals surface area contributed by atoms with Crippen molar-refractivity contribution < 1.29 is 13.2 Å². The summed E-state index contributed by atoms with van der Waals surface area (Å²) in [6, 6.07) is 6.97. The summed E-state index contributed by atoms with van der Waals surface area (Å²) in [4.78, 5) is 11.8. The van der Waals surface area contributed by atoms with Crippen LogP contribution in [0, 0.1) is 4.77 Å². The first-order valence-electron chi connectivity index (χ1n) is 6.59. The van der Waals surface area contributed by atoms with Gasteiger partial charge < -0.3 is 9.88 Å². The first-order chi connectivity index (χ1) is 10.8. The molecule has 0 aliphatic carbocycles. The summed E-state index contributed by atoms with van der Waals surface area (Å²) < 4.78 is 27.0. The second kappa shape index (κ2) is 7.37. The predicted molar refractivity (Wildman–Crippen MR) is 91.9 cm³/mol. The Hall–Kier alpha value is -1.52. The van der Waals surface area contributed by atoms with Crippen molar-refractivity contribution in [1.29, 1.82) is 0 Å². The van der Waals surface area contributed by atoms with Gasteiger partial charge in [0.05, 0.1) is 12.3 Å². The number of halogens is 1. The van der Waals surface area contributed by atoms with Crippen molar-refractivity contribution in [1.82, 2.24) is 20.1 Å². The highest BCUT2D eigenvalue weighted by Gasteiger charge is 2.18. The Balaban J connectivity index is 1.93. The average Bonchev–Trinajstić information content (AvgIpc) is 2.75. The van der Waals surface area contributed by atoms with E-state index in [0.29, 0.717) is 16.2 Å². The van der Waals surface area contributed by atoms with Gasteiger partial charge in [-0.3, -0.25) is 9.89 Å². The number of hydrogen-bond donors (Lipinski definition) is 2. The fraction of sp³-hybridized carbons (Fsp3) is 0.308. The van der Waals surface area contributed by atoms with Crippen LogP contribution in [-0.4, -0.2) is 34.8 Å². The number of nitrogens with zero attached hydrogens (tertiary/aromatic N) is 2. The zero-order chi connectivity index (χ0) is 17.0. The molecule has 1 aromatic heterocycles. The molecule has 1 amide bonds. The highest BCUT2D eigenvalue weighted by molar-refractivity contribution is 9.10. The number of aromatic nitrogens is 3. The van der Waals surface area contributed by atoms with E-state index in [1.54, 1.807) is 35.9 Å². The van der Waals surface area contributed by atoms with E-state index >= 15 is 0 Å². The lowest BCUT2D eigenvalue weighted by molar-refractivity contribution is -0.118. The maximum atomic E-state index is 12.1. The SMILES string of the molecule is Cn1c(CNC(=O)CS(=O)(=O)Cc2cccc(Br)c2)n[nH]c1=S. The Morgan fingerprint density at radius 3 is 2.83 bits per heavy atom. The number of sulfone groups is 1. The number of carbonyl (C=O) groups is 1. The maximum absolute atomic E-state index is 12.1. The standard InChI is InChI=1S/C13H15BrN4O3S2/c1-18-11(16-17-13(18)22)6-15-12(19)8-23(20,21)7-9-3-2-4-10(14)5-9/h2-5H,6-8H2,1H3,(H,15,19)(H,17,22). The van der Waals surface area contributed by atoms with Crippen molar-refractivity contribution in [3.8, 4) is 0 Å². The van der Waals surface area contributed by atoms with Crippen LogP contribution < -0.4 is 5.32 Å². The van der Waals surface area contributed by atoms with Crippen molar-refractivity contribution in [2.75, 3.05) is 5.75 Å². The van der Waals surface area contributed by atoms with Crippen LogP contribution >= 0.6 is 28.1 Å². The first kappa shape index (κ1) is 17.8. The van der Waals surface area contributed by atoms with Crippen molar-refractivity contribution in [2.24, 2.45) is 7.05 Å². The predicted octanol–water partition coefficient (Wildman–Crippen LogP) is 1.47. The van der Waals surface area contributed by atoms with Crippen molar-refractivity contribution in [3.05, 3.63) is 44.9 Å². The van der Waals surface area contributed by atoms with Gasteiger partial charge in [0.1, 0.15) is 5.75 Å². The molecule has 0 unspecified atom stereocenters. The summed E-state index contributed by atoms with van der Waals surface area (Å²) in [5, 5.41) is 9.06. The van der Waals surface area contributed by atoms with Crippen LogP contribution in [0.2, 0.25) is 0 Å². The molecule has 0 bridgehead atoms. The molecule has 0 radical (unpaired) electrons. The molecule has 1 heterocycles. The molecule has 0 fully saturated rings. The zero-order valence-corrected chi connectivity index (χ0v) is 15.5. The third kappa shape index (κ3) is 5.26. The lowest BCUT2D eigenvalue weighted by Crippen LogP contribution is -2.31. The van der Waals surface area contributed by atoms with Crippen LogP contribution in [0.5, 0.6) is 0 Å². The van der Waals surface area contributed by atoms with Crippen LogP contribution in [0.4, 0.5) is 0 Å². The lowest BCUT2D eigenvalue weighted by atomic mass is 10.2. The monoisotopic (exact) mass is 418 g/mol. The van der Waals surface area contributed by atoms with Crippen LogP contribution in [0.3, 0.4) is 0 Å². The molecule has 1 aromatic carbocycles. The second-order valence-electron chi connectivity index (χ2n) is 4.94. The average molecular weight is 419 g/mol. The van der Waals surface area contributed by atoms with Gasteiger partial charge in [0, 0.05) is 11.5 Å². The molecule has 0 atom stereocenters. The Morgan fingerprint density at radius 2 is 2.22 bits per heavy atom. The quantitative estimate of drug-likeness (QED) is 0.692. The summed E-state index contributed by atoms with van der Waals surface area (Å²) in [5.74, 6) is -0.817. The number of amides is 1. The summed E-state index contributed by atoms with van der Waals surface area (Å²) in [6.07, 6.45) is 0. The Bertz CT molecular complexity index is 873. The highest BCUT2D eigenvalue weighted by atomic mass is 79.9. The van der Waals surface area contributed by atoms with E-state index in [1.165, 1.54) is 0 Å². The minimum atomic E-state index is -3.55. The fourth-order valence-electron chi connectivity index (χ4n) is 1.90. The highest BCUT2D eigenvalue weighted by Crippen LogP contribution is 2.14. The van der Waals surface area contributed by atoms with E-state index in [4.69, 9.17) is 12.2 Å². The molecule has 0 saturated carbocycles. The van der Waals surface area contributed by atoms with Gasteiger partial charge in [-0.1, -0.05) is 28.1 Å². The minimum Gasteiger partial charge on any atom is -0.348 e. The Labute approximate surface area is 147 Å². The number of hydrogen-bond acceptors (Lipinski definition) is 5. The van der Waals surface area contributed by atoms with Gasteiger partial charge in [-0.05, 0) is 29.9 Å². The van der Waals surface area contributed by atoms with Gasteiger partial charge in [0.2, 0.25) is 5.91 Å². The molecular formula is C13H15BrN4O3S2. The molecule has 0 saturated heterocycles. The normalized spacial score (nSPS) is 11.4. The van der Waals surface area contributed by atoms with Gasteiger partial charge in [-0.15, -0.1) is 0 Å². The van der Waals surface area contributed by atoms with Gasteiger partial charge in [-0.25, -0.2) is 8.42 Å². The number of rotatable bonds is 6. The molecule has 0 aliphatic heterocycles. The molecule has 10 heteroatoms. The van der Waals surface area contributed by atoms with E-state index in [9.17, 15) is 13.2 Å². The molecule has 23 heavy (non-hydrogen) atoms. The third-order valence-corrected chi connectivity index (χ3v) is 5.38. The molecule has 124 valence electrons. The van der Waals surface area contributed by atoms with E-state index in [1.807, 2.05) is 0 Å². The molecule has 2 N–H and O–H groups in total. The number of nitrogens with one attached hydrogen (secondary N) is 2. The molecule has 2 aromatic rings. The maximum Gasteiger partial charge on any atom is 0.235 e. The number of H-pyrrole nitrogens is 1. The van der Waals surface area contributed by atoms with Gasteiger partial charge in [0.25, 0.3) is 0 Å². The van der Waals surface area contributed by atoms with Crippen LogP contribution in [0.1, 0.15) is 11.4 Å². The van der Waals surface area contributed by atoms with Gasteiger partial charge in [0.15, 0.2) is 20.4 Å². The molecule has 7 nitrogen and oxygen atoms in total. The molecular weight excluding hydrogens is 404 g/mol. The number of carbonyl (C=O) groups excluding carboxylic acids is 1. The van der Waals surface area contributed by atoms with Crippen LogP contribution in [0.15, 0.2) is 28.7 Å². The molecule has 0 spiro atoms. The summed E-state index contributed by atoms with van der Waals surface area (Å²) in [6.45, 7) is 0.106. The summed E-state index contributed by atoms with van der Waals surface area (Å²) in [7, 11) is -1.84. The van der Waals surface area contributed by atoms with Gasteiger partial charge in [-0.2, -0.15) is 5.10 Å². The summed E-state index contributed by atoms with van der Waals surface area (Å²) >= 11 is 8.24. The number of aromatic amines is 1. The zero-order valence-electron chi connectivity index (χ0n) is 12.2. The van der Waals surface area contributed by atoms with Crippen molar-refractivity contribution >= 4 is 43.9 Å². The van der Waals surface area contributed by atoms with E-state index in [-0.39, 0.29) is 12.3 Å². The first-order valence-corrected chi connectivity index (χ1v) is 9.61. The number of benzene rings is 1. The Kier molecular flexibility index (Phi) is 5.71. The largest absolute Gasteiger partial charge is 0.348 e. The van der Waals surface area contributed by atoms with E-state index in [0.717, 1.165) is 4.47 Å². The lowest BCUT2D eigenvalue weighted by Gasteiger charge is -2.06. The topological polar surface area (TPSA) is 96.8 Å². The smallest absolute Gasteiger partial charge is 0.235 e. The molecule has 2 rings (SSSR count). The van der Waals surface area contributed by atoms with E-state index < -0.39 is 21.5 Å². The summed E-state index contributed by atoms with van der Waals surface area (Å²) in [5.41, 5.74) is 0.627. The van der Waals surface area contributed by atoms with E-state index in [2.05, 4.69) is 31.4 Å². The third-order valence-electron chi connectivity index (χ3n) is 3.04. The molecule has 0 aliphatic rings. The second-order valence-corrected chi connectivity index (χ2v) is 8.31. The minimum absolute atomic E-state index is 0.106. The van der Waals surface area contributed by atoms with Crippen LogP contribution in [0.25, 0.3) is 0 Å².